The Bertz CT molecular complexity index is 749. The Kier molecular flexibility index (Phi) is 6.26. The fourth-order valence-corrected chi connectivity index (χ4v) is 3.01. The Hall–Kier alpha value is -2.37. The molecule has 1 N–H and O–H groups in total. The van der Waals surface area contributed by atoms with E-state index in [0.29, 0.717) is 24.7 Å². The summed E-state index contributed by atoms with van der Waals surface area (Å²) in [7, 11) is 0. The first-order valence-corrected chi connectivity index (χ1v) is 8.95. The molecule has 0 saturated carbocycles. The van der Waals surface area contributed by atoms with Crippen LogP contribution < -0.4 is 5.32 Å². The second-order valence-electron chi connectivity index (χ2n) is 6.19. The summed E-state index contributed by atoms with van der Waals surface area (Å²) < 4.78 is 5.77. The summed E-state index contributed by atoms with van der Waals surface area (Å²) in [4.78, 5) is 26.2. The summed E-state index contributed by atoms with van der Waals surface area (Å²) in [6.07, 6.45) is 0.0962. The average molecular weight is 373 g/mol. The van der Waals surface area contributed by atoms with Crippen LogP contribution in [-0.4, -0.2) is 43.0 Å². The predicted molar refractivity (Wildman–Crippen MR) is 99.9 cm³/mol. The van der Waals surface area contributed by atoms with Crippen molar-refractivity contribution in [2.24, 2.45) is 0 Å². The minimum Gasteiger partial charge on any atom is -0.370 e. The Morgan fingerprint density at radius 2 is 1.85 bits per heavy atom. The van der Waals surface area contributed by atoms with Crippen molar-refractivity contribution in [1.29, 1.82) is 0 Å². The van der Waals surface area contributed by atoms with Crippen LogP contribution >= 0.6 is 11.6 Å². The molecule has 136 valence electrons. The molecule has 0 bridgehead atoms. The number of nitrogens with zero attached hydrogens (tertiary/aromatic N) is 1. The van der Waals surface area contributed by atoms with Gasteiger partial charge in [-0.1, -0.05) is 54.1 Å². The summed E-state index contributed by atoms with van der Waals surface area (Å²) >= 11 is 5.83. The van der Waals surface area contributed by atoms with Gasteiger partial charge in [-0.05, 0) is 23.3 Å². The average Bonchev–Trinajstić information content (AvgIpc) is 2.69. The van der Waals surface area contributed by atoms with Crippen molar-refractivity contribution < 1.29 is 14.3 Å². The molecule has 26 heavy (non-hydrogen) atoms. The zero-order chi connectivity index (χ0) is 18.4. The Morgan fingerprint density at radius 3 is 2.58 bits per heavy atom. The highest BCUT2D eigenvalue weighted by Crippen LogP contribution is 2.21. The number of hydrogen-bond acceptors (Lipinski definition) is 3. The molecule has 1 aliphatic heterocycles. The van der Waals surface area contributed by atoms with Crippen molar-refractivity contribution >= 4 is 23.4 Å². The molecule has 0 aromatic heterocycles. The molecule has 1 aliphatic rings. The van der Waals surface area contributed by atoms with Gasteiger partial charge in [0, 0.05) is 11.6 Å². The largest absolute Gasteiger partial charge is 0.370 e. The normalized spacial score (nSPS) is 17.0. The van der Waals surface area contributed by atoms with E-state index in [2.05, 4.69) is 5.32 Å². The van der Waals surface area contributed by atoms with Crippen LogP contribution in [0, 0.1) is 0 Å². The van der Waals surface area contributed by atoms with Crippen LogP contribution in [0.2, 0.25) is 5.02 Å². The maximum absolute atomic E-state index is 12.4. The molecule has 6 heteroatoms. The molecule has 1 atom stereocenters. The van der Waals surface area contributed by atoms with E-state index in [0.717, 1.165) is 11.1 Å². The number of nitrogens with one attached hydrogen (secondary N) is 1. The van der Waals surface area contributed by atoms with Crippen molar-refractivity contribution in [2.75, 3.05) is 26.2 Å². The number of rotatable bonds is 5. The monoisotopic (exact) mass is 372 g/mol. The highest BCUT2D eigenvalue weighted by Gasteiger charge is 2.25. The summed E-state index contributed by atoms with van der Waals surface area (Å²) in [5, 5.41) is 3.32. The van der Waals surface area contributed by atoms with Gasteiger partial charge in [0.2, 0.25) is 11.8 Å². The number of carbonyl (C=O) groups is 2. The van der Waals surface area contributed by atoms with Gasteiger partial charge in [0.1, 0.15) is 6.10 Å². The first-order chi connectivity index (χ1) is 12.6. The SMILES string of the molecule is O=C(Cc1ccc(Cl)cc1)NCC(=O)N1CCO[C@H](c2ccccc2)C1. The lowest BCUT2D eigenvalue weighted by Crippen LogP contribution is -2.46. The predicted octanol–water partition coefficient (Wildman–Crippen LogP) is 2.60. The Labute approximate surface area is 157 Å². The second-order valence-corrected chi connectivity index (χ2v) is 6.63. The molecule has 0 unspecified atom stereocenters. The lowest BCUT2D eigenvalue weighted by molar-refractivity contribution is -0.139. The first-order valence-electron chi connectivity index (χ1n) is 8.57. The van der Waals surface area contributed by atoms with Gasteiger partial charge in [-0.2, -0.15) is 0 Å². The molecule has 3 rings (SSSR count). The van der Waals surface area contributed by atoms with E-state index < -0.39 is 0 Å². The van der Waals surface area contributed by atoms with E-state index in [1.807, 2.05) is 30.3 Å². The van der Waals surface area contributed by atoms with E-state index in [-0.39, 0.29) is 30.9 Å². The van der Waals surface area contributed by atoms with Gasteiger partial charge in [-0.25, -0.2) is 0 Å². The summed E-state index contributed by atoms with van der Waals surface area (Å²) in [6, 6.07) is 16.9. The number of carbonyl (C=O) groups excluding carboxylic acids is 2. The van der Waals surface area contributed by atoms with Crippen molar-refractivity contribution in [3.8, 4) is 0 Å². The van der Waals surface area contributed by atoms with Crippen molar-refractivity contribution in [3.05, 3.63) is 70.7 Å². The smallest absolute Gasteiger partial charge is 0.242 e. The van der Waals surface area contributed by atoms with Crippen LogP contribution in [0.25, 0.3) is 0 Å². The molecule has 2 aromatic rings. The van der Waals surface area contributed by atoms with Crippen LogP contribution in [0.1, 0.15) is 17.2 Å². The molecule has 0 radical (unpaired) electrons. The third-order valence-electron chi connectivity index (χ3n) is 4.31. The topological polar surface area (TPSA) is 58.6 Å². The summed E-state index contributed by atoms with van der Waals surface area (Å²) in [5.41, 5.74) is 1.91. The third-order valence-corrected chi connectivity index (χ3v) is 4.56. The molecular weight excluding hydrogens is 352 g/mol. The van der Waals surface area contributed by atoms with E-state index in [4.69, 9.17) is 16.3 Å². The van der Waals surface area contributed by atoms with Gasteiger partial charge in [-0.15, -0.1) is 0 Å². The minimum absolute atomic E-state index is 0.00602. The second kappa shape index (κ2) is 8.83. The molecule has 1 fully saturated rings. The molecule has 0 aliphatic carbocycles. The summed E-state index contributed by atoms with van der Waals surface area (Å²) in [6.45, 7) is 1.52. The summed E-state index contributed by atoms with van der Waals surface area (Å²) in [5.74, 6) is -0.285. The lowest BCUT2D eigenvalue weighted by atomic mass is 10.1. The third kappa shape index (κ3) is 5.07. The van der Waals surface area contributed by atoms with Crippen LogP contribution in [0.5, 0.6) is 0 Å². The fraction of sp³-hybridized carbons (Fsp3) is 0.300. The van der Waals surface area contributed by atoms with Gasteiger partial charge in [0.15, 0.2) is 0 Å². The fourth-order valence-electron chi connectivity index (χ4n) is 2.88. The van der Waals surface area contributed by atoms with Gasteiger partial charge in [0.25, 0.3) is 0 Å². The number of morpholine rings is 1. The Morgan fingerprint density at radius 1 is 1.12 bits per heavy atom. The van der Waals surface area contributed by atoms with Gasteiger partial charge in [0.05, 0.1) is 26.1 Å². The van der Waals surface area contributed by atoms with Gasteiger partial charge in [-0.3, -0.25) is 9.59 Å². The number of ether oxygens (including phenoxy) is 1. The molecule has 5 nitrogen and oxygen atoms in total. The number of amides is 2. The molecule has 0 spiro atoms. The Balaban J connectivity index is 1.48. The van der Waals surface area contributed by atoms with Crippen LogP contribution in [0.4, 0.5) is 0 Å². The van der Waals surface area contributed by atoms with E-state index in [1.165, 1.54) is 0 Å². The van der Waals surface area contributed by atoms with E-state index >= 15 is 0 Å². The first kappa shape index (κ1) is 18.4. The van der Waals surface area contributed by atoms with Crippen LogP contribution in [0.15, 0.2) is 54.6 Å². The molecular formula is C20H21ClN2O3. The minimum atomic E-state index is -0.187. The molecule has 1 heterocycles. The van der Waals surface area contributed by atoms with Gasteiger partial charge >= 0.3 is 0 Å². The number of hydrogen-bond donors (Lipinski definition) is 1. The van der Waals surface area contributed by atoms with E-state index in [1.54, 1.807) is 29.2 Å². The molecule has 1 saturated heterocycles. The molecule has 2 amide bonds. The van der Waals surface area contributed by atoms with Crippen molar-refractivity contribution in [1.82, 2.24) is 10.2 Å². The van der Waals surface area contributed by atoms with Crippen LogP contribution in [-0.2, 0) is 20.7 Å². The maximum Gasteiger partial charge on any atom is 0.242 e. The number of benzene rings is 2. The quantitative estimate of drug-likeness (QED) is 0.877. The lowest BCUT2D eigenvalue weighted by Gasteiger charge is -2.33. The van der Waals surface area contributed by atoms with Crippen molar-refractivity contribution in [3.63, 3.8) is 0 Å². The highest BCUT2D eigenvalue weighted by molar-refractivity contribution is 6.30. The van der Waals surface area contributed by atoms with E-state index in [9.17, 15) is 9.59 Å². The van der Waals surface area contributed by atoms with Crippen LogP contribution in [0.3, 0.4) is 0 Å². The van der Waals surface area contributed by atoms with Gasteiger partial charge < -0.3 is 15.0 Å². The maximum atomic E-state index is 12.4. The zero-order valence-electron chi connectivity index (χ0n) is 14.4. The highest BCUT2D eigenvalue weighted by atomic mass is 35.5. The zero-order valence-corrected chi connectivity index (χ0v) is 15.1. The molecule has 2 aromatic carbocycles. The standard InChI is InChI=1S/C20H21ClN2O3/c21-17-8-6-15(7-9-17)12-19(24)22-13-20(25)23-10-11-26-18(14-23)16-4-2-1-3-5-16/h1-9,18H,10-14H2,(H,22,24)/t18-/m0/s1. The van der Waals surface area contributed by atoms with Crippen molar-refractivity contribution in [2.45, 2.75) is 12.5 Å². The number of halogens is 1.